The zero-order chi connectivity index (χ0) is 13.5. The number of carbonyl (C=O) groups excluding carboxylic acids is 1. The number of aliphatic hydroxyl groups excluding tert-OH is 1. The Hall–Kier alpha value is -0.400. The lowest BCUT2D eigenvalue weighted by atomic mass is 10.2. The summed E-state index contributed by atoms with van der Waals surface area (Å²) in [4.78, 5) is 16.1. The van der Waals surface area contributed by atoms with Crippen molar-refractivity contribution in [3.63, 3.8) is 0 Å². The Morgan fingerprint density at radius 3 is 2.65 bits per heavy atom. The SMILES string of the molecule is Cl.O=C(CNCC1CCCO1)N1CCN(CCO)CC1. The van der Waals surface area contributed by atoms with Crippen molar-refractivity contribution in [2.75, 3.05) is 59.0 Å². The quantitative estimate of drug-likeness (QED) is 0.680. The van der Waals surface area contributed by atoms with Gasteiger partial charge in [0.05, 0.1) is 19.3 Å². The van der Waals surface area contributed by atoms with Crippen LogP contribution in [0.15, 0.2) is 0 Å². The molecule has 0 aromatic heterocycles. The number of amides is 1. The zero-order valence-electron chi connectivity index (χ0n) is 11.9. The summed E-state index contributed by atoms with van der Waals surface area (Å²) in [6.07, 6.45) is 2.52. The molecule has 2 saturated heterocycles. The van der Waals surface area contributed by atoms with Crippen molar-refractivity contribution < 1.29 is 14.6 Å². The summed E-state index contributed by atoms with van der Waals surface area (Å²) >= 11 is 0. The Bertz CT molecular complexity index is 280. The second-order valence-corrected chi connectivity index (χ2v) is 5.21. The van der Waals surface area contributed by atoms with E-state index < -0.39 is 0 Å². The summed E-state index contributed by atoms with van der Waals surface area (Å²) in [5.74, 6) is 0.168. The minimum Gasteiger partial charge on any atom is -0.395 e. The Balaban J connectivity index is 0.00000200. The number of hydrogen-bond acceptors (Lipinski definition) is 5. The van der Waals surface area contributed by atoms with Crippen LogP contribution in [0.1, 0.15) is 12.8 Å². The van der Waals surface area contributed by atoms with E-state index >= 15 is 0 Å². The van der Waals surface area contributed by atoms with E-state index in [1.807, 2.05) is 4.90 Å². The highest BCUT2D eigenvalue weighted by Crippen LogP contribution is 2.10. The molecule has 0 radical (unpaired) electrons. The summed E-state index contributed by atoms with van der Waals surface area (Å²) in [5.41, 5.74) is 0. The number of hydrogen-bond donors (Lipinski definition) is 2. The molecular weight excluding hydrogens is 282 g/mol. The Kier molecular flexibility index (Phi) is 8.40. The fourth-order valence-corrected chi connectivity index (χ4v) is 2.62. The fraction of sp³-hybridized carbons (Fsp3) is 0.923. The minimum absolute atomic E-state index is 0. The molecule has 118 valence electrons. The summed E-state index contributed by atoms with van der Waals surface area (Å²) in [6, 6.07) is 0. The van der Waals surface area contributed by atoms with Crippen LogP contribution in [0.2, 0.25) is 0 Å². The van der Waals surface area contributed by atoms with Crippen molar-refractivity contribution in [3.05, 3.63) is 0 Å². The third kappa shape index (κ3) is 5.54. The zero-order valence-corrected chi connectivity index (χ0v) is 12.7. The Labute approximate surface area is 126 Å². The van der Waals surface area contributed by atoms with E-state index in [-0.39, 0.29) is 31.0 Å². The number of piperazine rings is 1. The molecular formula is C13H26ClN3O3. The molecule has 0 aromatic rings. The summed E-state index contributed by atoms with van der Waals surface area (Å²) in [5, 5.41) is 12.1. The number of halogens is 1. The van der Waals surface area contributed by atoms with Gasteiger partial charge in [-0.2, -0.15) is 0 Å². The summed E-state index contributed by atoms with van der Waals surface area (Å²) in [7, 11) is 0. The fourth-order valence-electron chi connectivity index (χ4n) is 2.62. The summed E-state index contributed by atoms with van der Waals surface area (Å²) in [6.45, 7) is 6.18. The van der Waals surface area contributed by atoms with E-state index in [0.29, 0.717) is 13.1 Å². The second-order valence-electron chi connectivity index (χ2n) is 5.21. The first-order valence-electron chi connectivity index (χ1n) is 7.23. The number of aliphatic hydroxyl groups is 1. The highest BCUT2D eigenvalue weighted by molar-refractivity contribution is 5.85. The molecule has 0 saturated carbocycles. The molecule has 1 unspecified atom stereocenters. The van der Waals surface area contributed by atoms with Gasteiger partial charge in [0.1, 0.15) is 0 Å². The molecule has 0 spiro atoms. The lowest BCUT2D eigenvalue weighted by molar-refractivity contribution is -0.132. The van der Waals surface area contributed by atoms with Gasteiger partial charge in [0.2, 0.25) is 5.91 Å². The number of carbonyl (C=O) groups is 1. The van der Waals surface area contributed by atoms with Crippen LogP contribution in [0.3, 0.4) is 0 Å². The van der Waals surface area contributed by atoms with Crippen LogP contribution in [0.5, 0.6) is 0 Å². The van der Waals surface area contributed by atoms with Gasteiger partial charge in [-0.3, -0.25) is 9.69 Å². The van der Waals surface area contributed by atoms with Crippen molar-refractivity contribution in [3.8, 4) is 0 Å². The van der Waals surface area contributed by atoms with E-state index in [0.717, 1.165) is 52.2 Å². The lowest BCUT2D eigenvalue weighted by Crippen LogP contribution is -2.51. The van der Waals surface area contributed by atoms with E-state index in [4.69, 9.17) is 9.84 Å². The largest absolute Gasteiger partial charge is 0.395 e. The van der Waals surface area contributed by atoms with Gasteiger partial charge in [-0.05, 0) is 12.8 Å². The summed E-state index contributed by atoms with van der Waals surface area (Å²) < 4.78 is 5.50. The highest BCUT2D eigenvalue weighted by Gasteiger charge is 2.21. The van der Waals surface area contributed by atoms with Gasteiger partial charge in [0.15, 0.2) is 0 Å². The van der Waals surface area contributed by atoms with Crippen LogP contribution >= 0.6 is 12.4 Å². The average Bonchev–Trinajstić information content (AvgIpc) is 2.93. The van der Waals surface area contributed by atoms with Gasteiger partial charge < -0.3 is 20.1 Å². The van der Waals surface area contributed by atoms with E-state index in [2.05, 4.69) is 10.2 Å². The second kappa shape index (κ2) is 9.52. The van der Waals surface area contributed by atoms with Crippen molar-refractivity contribution in [2.45, 2.75) is 18.9 Å². The molecule has 2 fully saturated rings. The van der Waals surface area contributed by atoms with Crippen molar-refractivity contribution in [1.29, 1.82) is 0 Å². The average molecular weight is 308 g/mol. The lowest BCUT2D eigenvalue weighted by Gasteiger charge is -2.34. The molecule has 2 rings (SSSR count). The molecule has 1 amide bonds. The van der Waals surface area contributed by atoms with Crippen LogP contribution in [0.25, 0.3) is 0 Å². The molecule has 2 aliphatic heterocycles. The van der Waals surface area contributed by atoms with E-state index in [9.17, 15) is 4.79 Å². The van der Waals surface area contributed by atoms with Gasteiger partial charge >= 0.3 is 0 Å². The molecule has 0 aromatic carbocycles. The third-order valence-electron chi connectivity index (χ3n) is 3.81. The molecule has 7 heteroatoms. The minimum atomic E-state index is 0. The van der Waals surface area contributed by atoms with Gasteiger partial charge in [-0.15, -0.1) is 12.4 Å². The third-order valence-corrected chi connectivity index (χ3v) is 3.81. The van der Waals surface area contributed by atoms with E-state index in [1.165, 1.54) is 0 Å². The first-order valence-corrected chi connectivity index (χ1v) is 7.23. The van der Waals surface area contributed by atoms with Crippen LogP contribution in [0, 0.1) is 0 Å². The van der Waals surface area contributed by atoms with Crippen LogP contribution in [-0.2, 0) is 9.53 Å². The molecule has 2 N–H and O–H groups in total. The number of nitrogens with one attached hydrogen (secondary N) is 1. The molecule has 1 atom stereocenters. The predicted octanol–water partition coefficient (Wildman–Crippen LogP) is -0.687. The maximum absolute atomic E-state index is 12.0. The maximum Gasteiger partial charge on any atom is 0.236 e. The highest BCUT2D eigenvalue weighted by atomic mass is 35.5. The molecule has 20 heavy (non-hydrogen) atoms. The standard InChI is InChI=1S/C13H25N3O3.ClH/c17-8-7-15-3-5-16(6-4-15)13(18)11-14-10-12-2-1-9-19-12;/h12,14,17H,1-11H2;1H. The molecule has 2 aliphatic rings. The topological polar surface area (TPSA) is 65.0 Å². The van der Waals surface area contributed by atoms with Crippen molar-refractivity contribution >= 4 is 18.3 Å². The number of nitrogens with zero attached hydrogens (tertiary/aromatic N) is 2. The molecule has 0 aliphatic carbocycles. The van der Waals surface area contributed by atoms with Gasteiger partial charge in [-0.1, -0.05) is 0 Å². The maximum atomic E-state index is 12.0. The molecule has 0 bridgehead atoms. The number of β-amino-alcohol motifs (C(OH)–C–C–N with tert-alkyl or cyclic N) is 1. The van der Waals surface area contributed by atoms with Crippen LogP contribution in [-0.4, -0.2) is 85.9 Å². The normalized spacial score (nSPS) is 23.6. The van der Waals surface area contributed by atoms with Gasteiger partial charge in [0, 0.05) is 45.9 Å². The van der Waals surface area contributed by atoms with Gasteiger partial charge in [0.25, 0.3) is 0 Å². The van der Waals surface area contributed by atoms with E-state index in [1.54, 1.807) is 0 Å². The first kappa shape index (κ1) is 17.7. The van der Waals surface area contributed by atoms with Crippen LogP contribution in [0.4, 0.5) is 0 Å². The Morgan fingerprint density at radius 2 is 2.05 bits per heavy atom. The number of rotatable bonds is 6. The van der Waals surface area contributed by atoms with Gasteiger partial charge in [-0.25, -0.2) is 0 Å². The molecule has 6 nitrogen and oxygen atoms in total. The number of ether oxygens (including phenoxy) is 1. The first-order chi connectivity index (χ1) is 9.29. The predicted molar refractivity (Wildman–Crippen MR) is 79.2 cm³/mol. The molecule has 2 heterocycles. The van der Waals surface area contributed by atoms with Crippen molar-refractivity contribution in [2.24, 2.45) is 0 Å². The van der Waals surface area contributed by atoms with Crippen molar-refractivity contribution in [1.82, 2.24) is 15.1 Å². The smallest absolute Gasteiger partial charge is 0.236 e. The van der Waals surface area contributed by atoms with Crippen LogP contribution < -0.4 is 5.32 Å². The monoisotopic (exact) mass is 307 g/mol. The Morgan fingerprint density at radius 1 is 1.30 bits per heavy atom.